The molecule has 0 aromatic heterocycles. The van der Waals surface area contributed by atoms with E-state index in [1.165, 1.54) is 6.07 Å². The number of nitrogens with one attached hydrogen (secondary N) is 1. The fourth-order valence-electron chi connectivity index (χ4n) is 1.70. The van der Waals surface area contributed by atoms with E-state index in [0.29, 0.717) is 22.4 Å². The first-order valence-electron chi connectivity index (χ1n) is 5.71. The molecule has 5 heteroatoms. The van der Waals surface area contributed by atoms with Gasteiger partial charge >= 0.3 is 0 Å². The summed E-state index contributed by atoms with van der Waals surface area (Å²) < 4.78 is 18.9. The summed E-state index contributed by atoms with van der Waals surface area (Å²) in [6.45, 7) is 0.544. The van der Waals surface area contributed by atoms with Gasteiger partial charge in [0.25, 0.3) is 0 Å². The second kappa shape index (κ2) is 5.93. The Labute approximate surface area is 119 Å². The van der Waals surface area contributed by atoms with Crippen molar-refractivity contribution in [1.82, 2.24) is 0 Å². The van der Waals surface area contributed by atoms with Crippen LogP contribution in [0.4, 0.5) is 15.8 Å². The second-order valence-electron chi connectivity index (χ2n) is 4.06. The highest BCUT2D eigenvalue weighted by atomic mass is 79.9. The molecule has 2 aromatic rings. The molecule has 2 rings (SSSR count). The molecule has 3 nitrogen and oxygen atoms in total. The SMILES string of the molecule is COc1cccc(CNc2cc(F)c(Br)cc2N)c1. The van der Waals surface area contributed by atoms with E-state index in [-0.39, 0.29) is 5.82 Å². The van der Waals surface area contributed by atoms with Crippen molar-refractivity contribution in [2.24, 2.45) is 0 Å². The quantitative estimate of drug-likeness (QED) is 0.841. The maximum Gasteiger partial charge on any atom is 0.139 e. The van der Waals surface area contributed by atoms with Gasteiger partial charge in [0.2, 0.25) is 0 Å². The van der Waals surface area contributed by atoms with E-state index < -0.39 is 0 Å². The lowest BCUT2D eigenvalue weighted by molar-refractivity contribution is 0.414. The number of rotatable bonds is 4. The van der Waals surface area contributed by atoms with Gasteiger partial charge in [-0.15, -0.1) is 0 Å². The Bertz CT molecular complexity index is 590. The molecule has 0 bridgehead atoms. The van der Waals surface area contributed by atoms with E-state index in [4.69, 9.17) is 10.5 Å². The van der Waals surface area contributed by atoms with Gasteiger partial charge in [0.1, 0.15) is 11.6 Å². The van der Waals surface area contributed by atoms with Gasteiger partial charge < -0.3 is 15.8 Å². The summed E-state index contributed by atoms with van der Waals surface area (Å²) in [4.78, 5) is 0. The van der Waals surface area contributed by atoms with Crippen LogP contribution < -0.4 is 15.8 Å². The number of benzene rings is 2. The molecule has 0 spiro atoms. The van der Waals surface area contributed by atoms with Crippen LogP contribution in [0.25, 0.3) is 0 Å². The van der Waals surface area contributed by atoms with Gasteiger partial charge in [0.05, 0.1) is 23.0 Å². The molecular formula is C14H14BrFN2O. The average molecular weight is 325 g/mol. The van der Waals surface area contributed by atoms with Gasteiger partial charge in [-0.3, -0.25) is 0 Å². The normalized spacial score (nSPS) is 10.3. The van der Waals surface area contributed by atoms with Crippen LogP contribution in [-0.4, -0.2) is 7.11 Å². The molecule has 0 radical (unpaired) electrons. The van der Waals surface area contributed by atoms with Crippen molar-refractivity contribution in [1.29, 1.82) is 0 Å². The molecule has 0 saturated carbocycles. The predicted molar refractivity (Wildman–Crippen MR) is 78.8 cm³/mol. The summed E-state index contributed by atoms with van der Waals surface area (Å²) in [7, 11) is 1.62. The fourth-order valence-corrected chi connectivity index (χ4v) is 2.06. The molecule has 19 heavy (non-hydrogen) atoms. The monoisotopic (exact) mass is 324 g/mol. The van der Waals surface area contributed by atoms with Crippen LogP contribution in [-0.2, 0) is 6.54 Å². The smallest absolute Gasteiger partial charge is 0.139 e. The zero-order valence-corrected chi connectivity index (χ0v) is 12.0. The minimum absolute atomic E-state index is 0.345. The van der Waals surface area contributed by atoms with Gasteiger partial charge in [-0.05, 0) is 39.7 Å². The summed E-state index contributed by atoms with van der Waals surface area (Å²) in [5.74, 6) is 0.441. The van der Waals surface area contributed by atoms with E-state index in [2.05, 4.69) is 21.2 Å². The van der Waals surface area contributed by atoms with Crippen LogP contribution >= 0.6 is 15.9 Å². The molecule has 0 aliphatic rings. The molecule has 2 aromatic carbocycles. The number of hydrogen-bond donors (Lipinski definition) is 2. The van der Waals surface area contributed by atoms with Crippen LogP contribution in [0, 0.1) is 5.82 Å². The molecule has 0 heterocycles. The topological polar surface area (TPSA) is 47.3 Å². The number of methoxy groups -OCH3 is 1. The number of hydrogen-bond acceptors (Lipinski definition) is 3. The third-order valence-corrected chi connectivity index (χ3v) is 3.32. The lowest BCUT2D eigenvalue weighted by atomic mass is 10.2. The van der Waals surface area contributed by atoms with Crippen molar-refractivity contribution in [3.63, 3.8) is 0 Å². The van der Waals surface area contributed by atoms with E-state index in [0.717, 1.165) is 11.3 Å². The Balaban J connectivity index is 2.12. The molecule has 3 N–H and O–H groups in total. The Kier molecular flexibility index (Phi) is 4.27. The Morgan fingerprint density at radius 3 is 2.84 bits per heavy atom. The maximum absolute atomic E-state index is 13.4. The largest absolute Gasteiger partial charge is 0.497 e. The Hall–Kier alpha value is -1.75. The van der Waals surface area contributed by atoms with Crippen LogP contribution in [0.3, 0.4) is 0 Å². The van der Waals surface area contributed by atoms with Crippen LogP contribution in [0.1, 0.15) is 5.56 Å². The third kappa shape index (κ3) is 3.38. The fraction of sp³-hybridized carbons (Fsp3) is 0.143. The summed E-state index contributed by atoms with van der Waals surface area (Å²) in [5.41, 5.74) is 7.93. The molecule has 0 saturated heterocycles. The summed E-state index contributed by atoms with van der Waals surface area (Å²) in [5, 5.41) is 3.11. The van der Waals surface area contributed by atoms with E-state index in [9.17, 15) is 4.39 Å². The van der Waals surface area contributed by atoms with Crippen molar-refractivity contribution >= 4 is 27.3 Å². The van der Waals surface area contributed by atoms with Gasteiger partial charge in [-0.1, -0.05) is 12.1 Å². The minimum atomic E-state index is -0.345. The van der Waals surface area contributed by atoms with Gasteiger partial charge in [0.15, 0.2) is 0 Å². The Morgan fingerprint density at radius 1 is 1.32 bits per heavy atom. The molecule has 0 amide bonds. The first kappa shape index (κ1) is 13.7. The predicted octanol–water partition coefficient (Wildman–Crippen LogP) is 3.79. The highest BCUT2D eigenvalue weighted by Gasteiger charge is 2.06. The standard InChI is InChI=1S/C14H14BrFN2O/c1-19-10-4-2-3-9(5-10)8-18-14-7-12(16)11(15)6-13(14)17/h2-7,18H,8,17H2,1H3. The molecule has 0 fully saturated rings. The second-order valence-corrected chi connectivity index (χ2v) is 4.91. The van der Waals surface area contributed by atoms with Crippen molar-refractivity contribution in [3.05, 3.63) is 52.3 Å². The van der Waals surface area contributed by atoms with Crippen molar-refractivity contribution in [2.75, 3.05) is 18.2 Å². The number of halogens is 2. The lowest BCUT2D eigenvalue weighted by Crippen LogP contribution is -2.03. The van der Waals surface area contributed by atoms with E-state index in [1.807, 2.05) is 24.3 Å². The molecule has 0 aliphatic heterocycles. The van der Waals surface area contributed by atoms with Crippen LogP contribution in [0.5, 0.6) is 5.75 Å². The molecule has 0 atom stereocenters. The molecule has 0 aliphatic carbocycles. The number of anilines is 2. The van der Waals surface area contributed by atoms with E-state index in [1.54, 1.807) is 13.2 Å². The highest BCUT2D eigenvalue weighted by molar-refractivity contribution is 9.10. The van der Waals surface area contributed by atoms with Gasteiger partial charge in [0, 0.05) is 12.6 Å². The lowest BCUT2D eigenvalue weighted by Gasteiger charge is -2.11. The van der Waals surface area contributed by atoms with Crippen LogP contribution in [0.2, 0.25) is 0 Å². The molecular weight excluding hydrogens is 311 g/mol. The maximum atomic E-state index is 13.4. The molecule has 0 unspecified atom stereocenters. The minimum Gasteiger partial charge on any atom is -0.497 e. The highest BCUT2D eigenvalue weighted by Crippen LogP contribution is 2.27. The first-order chi connectivity index (χ1) is 9.10. The Morgan fingerprint density at radius 2 is 2.11 bits per heavy atom. The molecule has 100 valence electrons. The van der Waals surface area contributed by atoms with Gasteiger partial charge in [-0.2, -0.15) is 0 Å². The zero-order chi connectivity index (χ0) is 13.8. The van der Waals surface area contributed by atoms with Crippen LogP contribution in [0.15, 0.2) is 40.9 Å². The average Bonchev–Trinajstić information content (AvgIpc) is 2.41. The van der Waals surface area contributed by atoms with Crippen molar-refractivity contribution in [3.8, 4) is 5.75 Å². The summed E-state index contributed by atoms with van der Waals surface area (Å²) >= 11 is 3.10. The van der Waals surface area contributed by atoms with E-state index >= 15 is 0 Å². The van der Waals surface area contributed by atoms with Crippen molar-refractivity contribution in [2.45, 2.75) is 6.54 Å². The van der Waals surface area contributed by atoms with Gasteiger partial charge in [-0.25, -0.2) is 4.39 Å². The van der Waals surface area contributed by atoms with Crippen molar-refractivity contribution < 1.29 is 9.13 Å². The first-order valence-corrected chi connectivity index (χ1v) is 6.51. The third-order valence-electron chi connectivity index (χ3n) is 2.71. The summed E-state index contributed by atoms with van der Waals surface area (Å²) in [6, 6.07) is 10.6. The zero-order valence-electron chi connectivity index (χ0n) is 10.4. The summed E-state index contributed by atoms with van der Waals surface area (Å²) in [6.07, 6.45) is 0. The number of nitrogen functional groups attached to an aromatic ring is 1. The number of ether oxygens (including phenoxy) is 1. The number of nitrogens with two attached hydrogens (primary N) is 1.